The Morgan fingerprint density at radius 2 is 2.04 bits per heavy atom. The van der Waals surface area contributed by atoms with Crippen LogP contribution in [-0.2, 0) is 14.3 Å². The van der Waals surface area contributed by atoms with Gasteiger partial charge in [-0.1, -0.05) is 0 Å². The summed E-state index contributed by atoms with van der Waals surface area (Å²) < 4.78 is 15.3. The first-order chi connectivity index (χ1) is 12.0. The normalized spacial score (nSPS) is 10.5. The van der Waals surface area contributed by atoms with E-state index in [4.69, 9.17) is 13.9 Å². The van der Waals surface area contributed by atoms with Crippen LogP contribution in [0, 0.1) is 6.92 Å². The molecule has 1 aromatic carbocycles. The molecule has 0 saturated carbocycles. The third-order valence-electron chi connectivity index (χ3n) is 3.48. The molecule has 1 N–H and O–H groups in total. The molecule has 0 fully saturated rings. The number of ether oxygens (including phenoxy) is 2. The monoisotopic (exact) mass is 347 g/mol. The van der Waals surface area contributed by atoms with Gasteiger partial charge in [0.15, 0.2) is 6.61 Å². The summed E-state index contributed by atoms with van der Waals surface area (Å²) in [4.78, 5) is 34.3. The van der Waals surface area contributed by atoms with Crippen molar-refractivity contribution in [3.05, 3.63) is 40.2 Å². The van der Waals surface area contributed by atoms with Crippen LogP contribution >= 0.6 is 0 Å². The maximum Gasteiger partial charge on any atom is 0.336 e. The van der Waals surface area contributed by atoms with Gasteiger partial charge in [-0.3, -0.25) is 9.59 Å². The molecule has 0 aliphatic heterocycles. The Hall–Kier alpha value is -2.83. The number of fused-ring (bicyclic) bond motifs is 1. The summed E-state index contributed by atoms with van der Waals surface area (Å²) >= 11 is 0. The van der Waals surface area contributed by atoms with E-state index in [1.54, 1.807) is 25.1 Å². The number of rotatable bonds is 8. The zero-order chi connectivity index (χ0) is 18.2. The van der Waals surface area contributed by atoms with E-state index < -0.39 is 5.63 Å². The second-order valence-electron chi connectivity index (χ2n) is 5.45. The van der Waals surface area contributed by atoms with E-state index in [0.29, 0.717) is 30.9 Å². The van der Waals surface area contributed by atoms with Crippen LogP contribution in [0.4, 0.5) is 0 Å². The van der Waals surface area contributed by atoms with Crippen molar-refractivity contribution < 1.29 is 23.5 Å². The fraction of sp³-hybridized carbons (Fsp3) is 0.389. The van der Waals surface area contributed by atoms with E-state index in [2.05, 4.69) is 5.32 Å². The second kappa shape index (κ2) is 8.86. The number of aryl methyl sites for hydroxylation is 1. The first kappa shape index (κ1) is 18.5. The minimum Gasteiger partial charge on any atom is -0.484 e. The molecule has 25 heavy (non-hydrogen) atoms. The molecule has 0 unspecified atom stereocenters. The van der Waals surface area contributed by atoms with Crippen molar-refractivity contribution in [1.82, 2.24) is 5.32 Å². The van der Waals surface area contributed by atoms with Crippen molar-refractivity contribution in [2.24, 2.45) is 0 Å². The molecule has 0 aliphatic carbocycles. The number of esters is 1. The molecule has 7 heteroatoms. The van der Waals surface area contributed by atoms with Crippen molar-refractivity contribution in [1.29, 1.82) is 0 Å². The predicted molar refractivity (Wildman–Crippen MR) is 91.6 cm³/mol. The zero-order valence-electron chi connectivity index (χ0n) is 14.3. The van der Waals surface area contributed by atoms with Crippen LogP contribution in [-0.4, -0.2) is 31.6 Å². The van der Waals surface area contributed by atoms with Gasteiger partial charge < -0.3 is 19.2 Å². The van der Waals surface area contributed by atoms with Gasteiger partial charge in [0, 0.05) is 30.5 Å². The van der Waals surface area contributed by atoms with E-state index in [0.717, 1.165) is 10.9 Å². The van der Waals surface area contributed by atoms with E-state index in [1.807, 2.05) is 6.92 Å². The van der Waals surface area contributed by atoms with E-state index in [9.17, 15) is 14.4 Å². The van der Waals surface area contributed by atoms with Crippen molar-refractivity contribution >= 4 is 22.8 Å². The summed E-state index contributed by atoms with van der Waals surface area (Å²) in [5.74, 6) is -0.140. The lowest BCUT2D eigenvalue weighted by Crippen LogP contribution is -2.30. The largest absolute Gasteiger partial charge is 0.484 e. The number of amides is 1. The Morgan fingerprint density at radius 1 is 1.24 bits per heavy atom. The van der Waals surface area contributed by atoms with Gasteiger partial charge in [0.25, 0.3) is 5.91 Å². The van der Waals surface area contributed by atoms with Gasteiger partial charge in [-0.15, -0.1) is 0 Å². The quantitative estimate of drug-likeness (QED) is 0.445. The Balaban J connectivity index is 1.81. The molecule has 0 radical (unpaired) electrons. The number of nitrogens with one attached hydrogen (secondary N) is 1. The SMILES string of the molecule is CCOC(=O)CCCNC(=O)COc1ccc2c(C)cc(=O)oc2c1. The smallest absolute Gasteiger partial charge is 0.336 e. The van der Waals surface area contributed by atoms with Crippen molar-refractivity contribution in [2.75, 3.05) is 19.8 Å². The van der Waals surface area contributed by atoms with E-state index in [1.165, 1.54) is 6.07 Å². The highest BCUT2D eigenvalue weighted by Crippen LogP contribution is 2.22. The molecule has 0 bridgehead atoms. The van der Waals surface area contributed by atoms with Gasteiger partial charge in [-0.2, -0.15) is 0 Å². The first-order valence-corrected chi connectivity index (χ1v) is 8.09. The molecule has 0 saturated heterocycles. The summed E-state index contributed by atoms with van der Waals surface area (Å²) in [7, 11) is 0. The van der Waals surface area contributed by atoms with Gasteiger partial charge in [0.2, 0.25) is 0 Å². The third-order valence-corrected chi connectivity index (χ3v) is 3.48. The molecule has 0 atom stereocenters. The van der Waals surface area contributed by atoms with Crippen molar-refractivity contribution in [3.63, 3.8) is 0 Å². The van der Waals surface area contributed by atoms with Crippen LogP contribution in [0.1, 0.15) is 25.3 Å². The minimum absolute atomic E-state index is 0.166. The van der Waals surface area contributed by atoms with Gasteiger partial charge >= 0.3 is 11.6 Å². The van der Waals surface area contributed by atoms with Gasteiger partial charge in [-0.25, -0.2) is 4.79 Å². The van der Waals surface area contributed by atoms with Gasteiger partial charge in [-0.05, 0) is 38.0 Å². The Labute approximate surface area is 144 Å². The molecule has 1 aromatic heterocycles. The average Bonchev–Trinajstić information content (AvgIpc) is 2.56. The topological polar surface area (TPSA) is 94.8 Å². The predicted octanol–water partition coefficient (Wildman–Crippen LogP) is 1.94. The summed E-state index contributed by atoms with van der Waals surface area (Å²) in [5, 5.41) is 3.48. The summed E-state index contributed by atoms with van der Waals surface area (Å²) in [5.41, 5.74) is 0.802. The lowest BCUT2D eigenvalue weighted by molar-refractivity contribution is -0.143. The van der Waals surface area contributed by atoms with Crippen LogP contribution in [0.3, 0.4) is 0 Å². The summed E-state index contributed by atoms with van der Waals surface area (Å²) in [6.45, 7) is 4.12. The Kier molecular flexibility index (Phi) is 6.56. The van der Waals surface area contributed by atoms with Crippen LogP contribution in [0.2, 0.25) is 0 Å². The fourth-order valence-corrected chi connectivity index (χ4v) is 2.29. The molecule has 7 nitrogen and oxygen atoms in total. The molecule has 0 spiro atoms. The number of hydrogen-bond donors (Lipinski definition) is 1. The number of carbonyl (C=O) groups is 2. The molecule has 1 amide bonds. The summed E-state index contributed by atoms with van der Waals surface area (Å²) in [6, 6.07) is 6.49. The number of hydrogen-bond acceptors (Lipinski definition) is 6. The van der Waals surface area contributed by atoms with Gasteiger partial charge in [0.05, 0.1) is 6.61 Å². The highest BCUT2D eigenvalue weighted by Gasteiger charge is 2.07. The standard InChI is InChI=1S/C18H21NO6/c1-3-23-17(21)5-4-8-19-16(20)11-24-13-6-7-14-12(2)9-18(22)25-15(14)10-13/h6-7,9-10H,3-5,8,11H2,1-2H3,(H,19,20). The highest BCUT2D eigenvalue weighted by molar-refractivity contribution is 5.81. The lowest BCUT2D eigenvalue weighted by atomic mass is 10.1. The molecule has 2 aromatic rings. The minimum atomic E-state index is -0.429. The van der Waals surface area contributed by atoms with Crippen LogP contribution in [0.5, 0.6) is 5.75 Å². The zero-order valence-corrected chi connectivity index (χ0v) is 14.3. The first-order valence-electron chi connectivity index (χ1n) is 8.09. The maximum atomic E-state index is 11.7. The Bertz CT molecular complexity index is 811. The molecular formula is C18H21NO6. The highest BCUT2D eigenvalue weighted by atomic mass is 16.5. The molecule has 134 valence electrons. The number of benzene rings is 1. The van der Waals surface area contributed by atoms with Crippen LogP contribution in [0.25, 0.3) is 11.0 Å². The van der Waals surface area contributed by atoms with Crippen molar-refractivity contribution in [2.45, 2.75) is 26.7 Å². The van der Waals surface area contributed by atoms with Crippen molar-refractivity contribution in [3.8, 4) is 5.75 Å². The Morgan fingerprint density at radius 3 is 2.80 bits per heavy atom. The van der Waals surface area contributed by atoms with E-state index in [-0.39, 0.29) is 24.9 Å². The molecule has 0 aliphatic rings. The maximum absolute atomic E-state index is 11.7. The van der Waals surface area contributed by atoms with Crippen LogP contribution < -0.4 is 15.7 Å². The van der Waals surface area contributed by atoms with Crippen LogP contribution in [0.15, 0.2) is 33.5 Å². The average molecular weight is 347 g/mol. The lowest BCUT2D eigenvalue weighted by Gasteiger charge is -2.08. The van der Waals surface area contributed by atoms with Gasteiger partial charge in [0.1, 0.15) is 11.3 Å². The fourth-order valence-electron chi connectivity index (χ4n) is 2.29. The molecule has 1 heterocycles. The molecule has 2 rings (SSSR count). The number of carbonyl (C=O) groups excluding carboxylic acids is 2. The molecular weight excluding hydrogens is 326 g/mol. The van der Waals surface area contributed by atoms with E-state index >= 15 is 0 Å². The summed E-state index contributed by atoms with van der Waals surface area (Å²) in [6.07, 6.45) is 0.767. The third kappa shape index (κ3) is 5.63. The second-order valence-corrected chi connectivity index (χ2v) is 5.45.